The van der Waals surface area contributed by atoms with Gasteiger partial charge < -0.3 is 10.1 Å². The fraction of sp³-hybridized carbons (Fsp3) is 0.833. The van der Waals surface area contributed by atoms with Crippen molar-refractivity contribution >= 4 is 0 Å². The standard InChI is InChI=1S/C12H23NO/c1-3-13-12(10-14-2)11-8-6-4-5-7-9-11/h8,12-13H,3-7,9-10H2,1-2H3. The highest BCUT2D eigenvalue weighted by Gasteiger charge is 2.13. The maximum atomic E-state index is 5.25. The van der Waals surface area contributed by atoms with Gasteiger partial charge in [0.25, 0.3) is 0 Å². The van der Waals surface area contributed by atoms with Gasteiger partial charge in [-0.1, -0.05) is 25.0 Å². The van der Waals surface area contributed by atoms with Crippen LogP contribution in [0.1, 0.15) is 39.0 Å². The van der Waals surface area contributed by atoms with Crippen molar-refractivity contribution in [2.45, 2.75) is 45.1 Å². The van der Waals surface area contributed by atoms with E-state index < -0.39 is 0 Å². The lowest BCUT2D eigenvalue weighted by Crippen LogP contribution is -2.34. The monoisotopic (exact) mass is 197 g/mol. The summed E-state index contributed by atoms with van der Waals surface area (Å²) < 4.78 is 5.25. The molecule has 0 heterocycles. The van der Waals surface area contributed by atoms with Gasteiger partial charge in [-0.15, -0.1) is 0 Å². The average Bonchev–Trinajstić information content (AvgIpc) is 2.45. The van der Waals surface area contributed by atoms with Gasteiger partial charge in [0, 0.05) is 7.11 Å². The summed E-state index contributed by atoms with van der Waals surface area (Å²) in [4.78, 5) is 0. The van der Waals surface area contributed by atoms with Crippen LogP contribution in [-0.2, 0) is 4.74 Å². The largest absolute Gasteiger partial charge is 0.383 e. The Balaban J connectivity index is 2.50. The topological polar surface area (TPSA) is 21.3 Å². The summed E-state index contributed by atoms with van der Waals surface area (Å²) in [6.07, 6.45) is 9.00. The number of methoxy groups -OCH3 is 1. The molecule has 0 saturated carbocycles. The van der Waals surface area contributed by atoms with Crippen LogP contribution in [0.5, 0.6) is 0 Å². The van der Waals surface area contributed by atoms with Crippen LogP contribution in [0.3, 0.4) is 0 Å². The minimum absolute atomic E-state index is 0.447. The first kappa shape index (κ1) is 11.7. The summed E-state index contributed by atoms with van der Waals surface area (Å²) in [6, 6.07) is 0.447. The van der Waals surface area contributed by atoms with E-state index in [0.717, 1.165) is 13.2 Å². The fourth-order valence-corrected chi connectivity index (χ4v) is 2.07. The fourth-order valence-electron chi connectivity index (χ4n) is 2.07. The van der Waals surface area contributed by atoms with Crippen LogP contribution in [-0.4, -0.2) is 26.3 Å². The summed E-state index contributed by atoms with van der Waals surface area (Å²) in [6.45, 7) is 3.98. The molecule has 1 atom stereocenters. The van der Waals surface area contributed by atoms with E-state index in [9.17, 15) is 0 Å². The molecule has 14 heavy (non-hydrogen) atoms. The maximum absolute atomic E-state index is 5.25. The van der Waals surface area contributed by atoms with Gasteiger partial charge in [0.15, 0.2) is 0 Å². The van der Waals surface area contributed by atoms with Gasteiger partial charge in [0.2, 0.25) is 0 Å². The van der Waals surface area contributed by atoms with Crippen LogP contribution >= 0.6 is 0 Å². The van der Waals surface area contributed by atoms with Crippen LogP contribution in [0, 0.1) is 0 Å². The molecule has 0 amide bonds. The molecule has 1 aliphatic rings. The molecule has 1 rings (SSSR count). The third-order valence-electron chi connectivity index (χ3n) is 2.81. The Labute approximate surface area is 87.7 Å². The smallest absolute Gasteiger partial charge is 0.0654 e. The van der Waals surface area contributed by atoms with Gasteiger partial charge in [-0.3, -0.25) is 0 Å². The first-order valence-electron chi connectivity index (χ1n) is 5.79. The Bertz CT molecular complexity index is 171. The first-order valence-corrected chi connectivity index (χ1v) is 5.79. The van der Waals surface area contributed by atoms with Gasteiger partial charge in [0.05, 0.1) is 12.6 Å². The van der Waals surface area contributed by atoms with E-state index in [-0.39, 0.29) is 0 Å². The van der Waals surface area contributed by atoms with E-state index in [4.69, 9.17) is 4.74 Å². The number of likely N-dealkylation sites (N-methyl/N-ethyl adjacent to an activating group) is 1. The van der Waals surface area contributed by atoms with E-state index >= 15 is 0 Å². The molecule has 1 unspecified atom stereocenters. The lowest BCUT2D eigenvalue weighted by atomic mass is 10.0. The van der Waals surface area contributed by atoms with Crippen LogP contribution in [0.4, 0.5) is 0 Å². The molecule has 0 aromatic rings. The molecule has 2 nitrogen and oxygen atoms in total. The molecule has 0 radical (unpaired) electrons. The molecule has 0 aliphatic heterocycles. The highest BCUT2D eigenvalue weighted by Crippen LogP contribution is 2.19. The van der Waals surface area contributed by atoms with E-state index in [0.29, 0.717) is 6.04 Å². The molecular weight excluding hydrogens is 174 g/mol. The van der Waals surface area contributed by atoms with Gasteiger partial charge in [-0.2, -0.15) is 0 Å². The van der Waals surface area contributed by atoms with E-state index in [1.54, 1.807) is 12.7 Å². The van der Waals surface area contributed by atoms with Crippen molar-refractivity contribution in [2.24, 2.45) is 0 Å². The zero-order valence-electron chi connectivity index (χ0n) is 9.51. The predicted octanol–water partition coefficient (Wildman–Crippen LogP) is 2.50. The zero-order valence-corrected chi connectivity index (χ0v) is 9.51. The Hall–Kier alpha value is -0.340. The van der Waals surface area contributed by atoms with Crippen LogP contribution in [0.25, 0.3) is 0 Å². The van der Waals surface area contributed by atoms with Crippen molar-refractivity contribution in [1.29, 1.82) is 0 Å². The second kappa shape index (κ2) is 7.02. The molecule has 0 aromatic carbocycles. The molecule has 2 heteroatoms. The van der Waals surface area contributed by atoms with Crippen LogP contribution in [0.2, 0.25) is 0 Å². The number of allylic oxidation sites excluding steroid dienone is 1. The minimum Gasteiger partial charge on any atom is -0.383 e. The lowest BCUT2D eigenvalue weighted by molar-refractivity contribution is 0.176. The third-order valence-corrected chi connectivity index (χ3v) is 2.81. The molecule has 1 aliphatic carbocycles. The number of nitrogens with one attached hydrogen (secondary N) is 1. The van der Waals surface area contributed by atoms with E-state index in [1.807, 2.05) is 0 Å². The van der Waals surface area contributed by atoms with Gasteiger partial charge in [-0.25, -0.2) is 0 Å². The Morgan fingerprint density at radius 2 is 2.29 bits per heavy atom. The summed E-state index contributed by atoms with van der Waals surface area (Å²) >= 11 is 0. The van der Waals surface area contributed by atoms with Crippen molar-refractivity contribution in [3.8, 4) is 0 Å². The summed E-state index contributed by atoms with van der Waals surface area (Å²) in [5.74, 6) is 0. The van der Waals surface area contributed by atoms with Crippen LogP contribution < -0.4 is 5.32 Å². The number of ether oxygens (including phenoxy) is 1. The Morgan fingerprint density at radius 3 is 3.00 bits per heavy atom. The number of hydrogen-bond donors (Lipinski definition) is 1. The molecule has 0 aromatic heterocycles. The first-order chi connectivity index (χ1) is 6.88. The van der Waals surface area contributed by atoms with Gasteiger partial charge in [-0.05, 0) is 32.2 Å². The molecular formula is C12H23NO. The molecule has 1 N–H and O–H groups in total. The highest BCUT2D eigenvalue weighted by molar-refractivity contribution is 5.12. The quantitative estimate of drug-likeness (QED) is 0.684. The van der Waals surface area contributed by atoms with Crippen LogP contribution in [0.15, 0.2) is 11.6 Å². The minimum atomic E-state index is 0.447. The lowest BCUT2D eigenvalue weighted by Gasteiger charge is -2.20. The molecule has 0 fully saturated rings. The van der Waals surface area contributed by atoms with Gasteiger partial charge >= 0.3 is 0 Å². The summed E-state index contributed by atoms with van der Waals surface area (Å²) in [5, 5.41) is 3.49. The zero-order chi connectivity index (χ0) is 10.2. The molecule has 0 bridgehead atoms. The second-order valence-electron chi connectivity index (χ2n) is 3.94. The van der Waals surface area contributed by atoms with E-state index in [2.05, 4.69) is 18.3 Å². The highest BCUT2D eigenvalue weighted by atomic mass is 16.5. The van der Waals surface area contributed by atoms with Crippen molar-refractivity contribution in [1.82, 2.24) is 5.32 Å². The average molecular weight is 197 g/mol. The summed E-state index contributed by atoms with van der Waals surface area (Å²) in [7, 11) is 1.78. The van der Waals surface area contributed by atoms with Crippen molar-refractivity contribution in [2.75, 3.05) is 20.3 Å². The maximum Gasteiger partial charge on any atom is 0.0654 e. The van der Waals surface area contributed by atoms with Crippen molar-refractivity contribution < 1.29 is 4.74 Å². The van der Waals surface area contributed by atoms with E-state index in [1.165, 1.54) is 32.1 Å². The molecule has 82 valence electrons. The second-order valence-corrected chi connectivity index (χ2v) is 3.94. The molecule has 0 saturated heterocycles. The number of hydrogen-bond acceptors (Lipinski definition) is 2. The predicted molar refractivity (Wildman–Crippen MR) is 60.5 cm³/mol. The van der Waals surface area contributed by atoms with Gasteiger partial charge in [0.1, 0.15) is 0 Å². The summed E-state index contributed by atoms with van der Waals surface area (Å²) in [5.41, 5.74) is 1.56. The number of rotatable bonds is 5. The normalized spacial score (nSPS) is 20.0. The Kier molecular flexibility index (Phi) is 5.88. The third kappa shape index (κ3) is 3.81. The SMILES string of the molecule is CCNC(COC)C1=CCCCCC1. The van der Waals surface area contributed by atoms with Crippen molar-refractivity contribution in [3.63, 3.8) is 0 Å². The van der Waals surface area contributed by atoms with Crippen molar-refractivity contribution in [3.05, 3.63) is 11.6 Å². The Morgan fingerprint density at radius 1 is 1.43 bits per heavy atom. The molecule has 0 spiro atoms.